The Morgan fingerprint density at radius 2 is 1.63 bits per heavy atom. The highest BCUT2D eigenvalue weighted by atomic mass is 127. The Bertz CT molecular complexity index is 752. The quantitative estimate of drug-likeness (QED) is 0.294. The molecule has 0 saturated carbocycles. The number of halogens is 1. The first-order chi connectivity index (χ1) is 13.7. The summed E-state index contributed by atoms with van der Waals surface area (Å²) in [6, 6.07) is 8.65. The van der Waals surface area contributed by atoms with E-state index in [1.165, 1.54) is 37.9 Å². The van der Waals surface area contributed by atoms with Crippen molar-refractivity contribution >= 4 is 39.8 Å². The van der Waals surface area contributed by atoms with Crippen LogP contribution in [0.1, 0.15) is 58.1 Å². The molecule has 172 valence electrons. The molecule has 0 atom stereocenters. The van der Waals surface area contributed by atoms with Gasteiger partial charge in [0.1, 0.15) is 0 Å². The molecule has 0 aliphatic carbocycles. The van der Waals surface area contributed by atoms with E-state index in [0.29, 0.717) is 19.0 Å². The lowest BCUT2D eigenvalue weighted by Crippen LogP contribution is -2.41. The molecular weight excluding hydrogens is 511 g/mol. The van der Waals surface area contributed by atoms with Crippen molar-refractivity contribution < 1.29 is 8.42 Å². The monoisotopic (exact) mass is 550 g/mol. The molecule has 0 bridgehead atoms. The van der Waals surface area contributed by atoms with Crippen LogP contribution in [0.15, 0.2) is 29.3 Å². The zero-order chi connectivity index (χ0) is 21.3. The first-order valence-corrected chi connectivity index (χ1v) is 12.4. The summed E-state index contributed by atoms with van der Waals surface area (Å²) in [5.41, 5.74) is 2.49. The lowest BCUT2D eigenvalue weighted by atomic mass is 10.1. The number of aliphatic imine (C=N–C) groups is 1. The van der Waals surface area contributed by atoms with Gasteiger partial charge in [-0.1, -0.05) is 30.7 Å². The van der Waals surface area contributed by atoms with Gasteiger partial charge in [0.15, 0.2) is 15.8 Å². The molecule has 1 aromatic carbocycles. The highest BCUT2D eigenvalue weighted by molar-refractivity contribution is 14.0. The topological polar surface area (TPSA) is 73.8 Å². The van der Waals surface area contributed by atoms with E-state index in [4.69, 9.17) is 0 Å². The van der Waals surface area contributed by atoms with E-state index in [0.717, 1.165) is 18.7 Å². The van der Waals surface area contributed by atoms with Crippen LogP contribution in [0, 0.1) is 0 Å². The number of nitrogens with one attached hydrogen (secondary N) is 2. The summed E-state index contributed by atoms with van der Waals surface area (Å²) in [6.07, 6.45) is 3.98. The number of rotatable bonds is 8. The van der Waals surface area contributed by atoms with Gasteiger partial charge in [-0.05, 0) is 64.8 Å². The Labute approximate surface area is 200 Å². The molecule has 8 heteroatoms. The summed E-state index contributed by atoms with van der Waals surface area (Å²) in [4.78, 5) is 7.12. The van der Waals surface area contributed by atoms with E-state index in [1.54, 1.807) is 20.8 Å². The van der Waals surface area contributed by atoms with Gasteiger partial charge < -0.3 is 10.6 Å². The van der Waals surface area contributed by atoms with E-state index in [-0.39, 0.29) is 29.7 Å². The van der Waals surface area contributed by atoms with Crippen LogP contribution in [0.5, 0.6) is 0 Å². The van der Waals surface area contributed by atoms with Gasteiger partial charge in [-0.2, -0.15) is 0 Å². The number of sulfone groups is 1. The van der Waals surface area contributed by atoms with Crippen molar-refractivity contribution in [1.29, 1.82) is 0 Å². The van der Waals surface area contributed by atoms with Gasteiger partial charge >= 0.3 is 0 Å². The summed E-state index contributed by atoms with van der Waals surface area (Å²) in [7, 11) is -3.14. The minimum atomic E-state index is -3.14. The van der Waals surface area contributed by atoms with Gasteiger partial charge in [-0.15, -0.1) is 24.0 Å². The molecule has 1 aliphatic heterocycles. The lowest BCUT2D eigenvalue weighted by Gasteiger charge is -2.26. The van der Waals surface area contributed by atoms with E-state index in [2.05, 4.69) is 44.8 Å². The zero-order valence-electron chi connectivity index (χ0n) is 18.9. The summed E-state index contributed by atoms with van der Waals surface area (Å²) < 4.78 is 23.7. The average molecular weight is 551 g/mol. The van der Waals surface area contributed by atoms with Crippen LogP contribution in [0.2, 0.25) is 0 Å². The van der Waals surface area contributed by atoms with E-state index < -0.39 is 14.6 Å². The van der Waals surface area contributed by atoms with Crippen molar-refractivity contribution in [1.82, 2.24) is 15.5 Å². The third-order valence-electron chi connectivity index (χ3n) is 5.24. The van der Waals surface area contributed by atoms with E-state index in [1.807, 2.05) is 6.92 Å². The highest BCUT2D eigenvalue weighted by Gasteiger charge is 2.28. The second-order valence-corrected chi connectivity index (χ2v) is 11.6. The molecular formula is C22H39IN4O2S. The van der Waals surface area contributed by atoms with E-state index in [9.17, 15) is 8.42 Å². The molecule has 1 aliphatic rings. The Hall–Kier alpha value is -0.870. The van der Waals surface area contributed by atoms with Crippen molar-refractivity contribution in [2.45, 2.75) is 64.8 Å². The van der Waals surface area contributed by atoms with Crippen molar-refractivity contribution in [2.24, 2.45) is 4.99 Å². The first kappa shape index (κ1) is 27.2. The molecule has 0 spiro atoms. The highest BCUT2D eigenvalue weighted by Crippen LogP contribution is 2.15. The number of nitrogens with zero attached hydrogens (tertiary/aromatic N) is 2. The Balaban J connectivity index is 0.00000450. The standard InChI is InChI=1S/C22H38N4O2S.HI/c1-5-23-21(24-13-16-29(27,28)22(2,3)4)25-17-19-9-11-20(12-10-19)18-26-14-7-6-8-15-26;/h9-12H,5-8,13-18H2,1-4H3,(H2,23,24,25);1H. The fraction of sp³-hybridized carbons (Fsp3) is 0.682. The number of guanidine groups is 1. The Morgan fingerprint density at radius 3 is 2.20 bits per heavy atom. The van der Waals surface area contributed by atoms with Crippen LogP contribution in [0.25, 0.3) is 0 Å². The van der Waals surface area contributed by atoms with Crippen molar-refractivity contribution in [3.8, 4) is 0 Å². The number of benzene rings is 1. The second-order valence-electron chi connectivity index (χ2n) is 8.71. The summed E-state index contributed by atoms with van der Waals surface area (Å²) >= 11 is 0. The fourth-order valence-electron chi connectivity index (χ4n) is 3.25. The van der Waals surface area contributed by atoms with Crippen LogP contribution in [0.3, 0.4) is 0 Å². The van der Waals surface area contributed by atoms with Crippen LogP contribution >= 0.6 is 24.0 Å². The molecule has 0 unspecified atom stereocenters. The molecule has 1 aromatic rings. The average Bonchev–Trinajstić information content (AvgIpc) is 2.67. The van der Waals surface area contributed by atoms with Crippen LogP contribution in [-0.4, -0.2) is 56.0 Å². The molecule has 1 heterocycles. The predicted molar refractivity (Wildman–Crippen MR) is 137 cm³/mol. The van der Waals surface area contributed by atoms with Gasteiger partial charge in [-0.3, -0.25) is 4.90 Å². The third-order valence-corrected chi connectivity index (χ3v) is 7.85. The molecule has 30 heavy (non-hydrogen) atoms. The Morgan fingerprint density at radius 1 is 1.03 bits per heavy atom. The maximum Gasteiger partial charge on any atom is 0.191 e. The van der Waals surface area contributed by atoms with Crippen molar-refractivity contribution in [2.75, 3.05) is 31.9 Å². The van der Waals surface area contributed by atoms with Gasteiger partial charge in [0.05, 0.1) is 17.0 Å². The van der Waals surface area contributed by atoms with Crippen LogP contribution in [-0.2, 0) is 22.9 Å². The Kier molecular flexibility index (Phi) is 11.6. The normalized spacial score (nSPS) is 16.1. The summed E-state index contributed by atoms with van der Waals surface area (Å²) in [5.74, 6) is 0.737. The van der Waals surface area contributed by atoms with Crippen LogP contribution in [0.4, 0.5) is 0 Å². The molecule has 2 rings (SSSR count). The molecule has 0 aromatic heterocycles. The van der Waals surface area contributed by atoms with Gasteiger partial charge in [0, 0.05) is 19.6 Å². The zero-order valence-corrected chi connectivity index (χ0v) is 22.1. The number of hydrogen-bond donors (Lipinski definition) is 2. The molecule has 0 radical (unpaired) electrons. The SMILES string of the molecule is CCNC(=NCc1ccc(CN2CCCCC2)cc1)NCCS(=O)(=O)C(C)(C)C.I. The van der Waals surface area contributed by atoms with Gasteiger partial charge in [0.25, 0.3) is 0 Å². The summed E-state index contributed by atoms with van der Waals surface area (Å²) in [5, 5.41) is 6.32. The maximum atomic E-state index is 12.2. The van der Waals surface area contributed by atoms with Crippen molar-refractivity contribution in [3.63, 3.8) is 0 Å². The smallest absolute Gasteiger partial charge is 0.191 e. The predicted octanol–water partition coefficient (Wildman–Crippen LogP) is 3.56. The minimum absolute atomic E-state index is 0. The molecule has 1 fully saturated rings. The molecule has 0 amide bonds. The third kappa shape index (κ3) is 9.09. The van der Waals surface area contributed by atoms with Gasteiger partial charge in [0.2, 0.25) is 0 Å². The fourth-order valence-corrected chi connectivity index (χ4v) is 4.23. The number of likely N-dealkylation sites (tertiary alicyclic amines) is 1. The van der Waals surface area contributed by atoms with Gasteiger partial charge in [-0.25, -0.2) is 13.4 Å². The minimum Gasteiger partial charge on any atom is -0.357 e. The van der Waals surface area contributed by atoms with E-state index >= 15 is 0 Å². The summed E-state index contributed by atoms with van der Waals surface area (Å²) in [6.45, 7) is 12.3. The molecule has 1 saturated heterocycles. The molecule has 6 nitrogen and oxygen atoms in total. The maximum absolute atomic E-state index is 12.2. The second kappa shape index (κ2) is 12.9. The van der Waals surface area contributed by atoms with Crippen molar-refractivity contribution in [3.05, 3.63) is 35.4 Å². The largest absolute Gasteiger partial charge is 0.357 e. The number of hydrogen-bond acceptors (Lipinski definition) is 4. The first-order valence-electron chi connectivity index (χ1n) is 10.8. The number of piperidine rings is 1. The molecule has 2 N–H and O–H groups in total. The van der Waals surface area contributed by atoms with Crippen LogP contribution < -0.4 is 10.6 Å². The lowest BCUT2D eigenvalue weighted by molar-refractivity contribution is 0.221.